The Morgan fingerprint density at radius 1 is 0.556 bits per heavy atom. The van der Waals surface area contributed by atoms with Crippen LogP contribution in [0.5, 0.6) is 0 Å². The van der Waals surface area contributed by atoms with Gasteiger partial charge in [0.2, 0.25) is 0 Å². The Balaban J connectivity index is 1.26. The molecule has 0 aliphatic rings. The van der Waals surface area contributed by atoms with Crippen molar-refractivity contribution in [3.8, 4) is 11.5 Å². The molecule has 6 nitrogen and oxygen atoms in total. The normalized spacial score (nSPS) is 12.2. The van der Waals surface area contributed by atoms with Crippen LogP contribution in [0.25, 0.3) is 66.2 Å². The first-order valence-electron chi connectivity index (χ1n) is 14.9. The van der Waals surface area contributed by atoms with Crippen molar-refractivity contribution in [3.63, 3.8) is 0 Å². The molecule has 0 saturated carbocycles. The van der Waals surface area contributed by atoms with E-state index in [1.807, 2.05) is 54.6 Å². The van der Waals surface area contributed by atoms with Crippen LogP contribution in [0.15, 0.2) is 151 Å². The molecule has 0 spiro atoms. The quantitative estimate of drug-likeness (QED) is 0.160. The van der Waals surface area contributed by atoms with E-state index < -0.39 is 0 Å². The van der Waals surface area contributed by atoms with Crippen LogP contribution < -0.4 is 5.49 Å². The maximum Gasteiger partial charge on any atom is 0.182 e. The van der Waals surface area contributed by atoms with Gasteiger partial charge in [-0.05, 0) is 48.5 Å². The molecule has 0 unspecified atom stereocenters. The lowest BCUT2D eigenvalue weighted by molar-refractivity contribution is 1.01. The fraction of sp³-hybridized carbons (Fsp3) is 0. The summed E-state index contributed by atoms with van der Waals surface area (Å²) in [7, 11) is 0. The van der Waals surface area contributed by atoms with Gasteiger partial charge in [0, 0.05) is 32.8 Å². The lowest BCUT2D eigenvalue weighted by Crippen LogP contribution is -2.21. The number of aromatic nitrogens is 4. The summed E-state index contributed by atoms with van der Waals surface area (Å²) in [5.74, 6) is 0.794. The van der Waals surface area contributed by atoms with E-state index in [1.54, 1.807) is 0 Å². The summed E-state index contributed by atoms with van der Waals surface area (Å²) < 4.78 is 4.41. The lowest BCUT2D eigenvalue weighted by Gasteiger charge is -2.11. The predicted octanol–water partition coefficient (Wildman–Crippen LogP) is 8.68. The number of hydrogen-bond donors (Lipinski definition) is 2. The highest BCUT2D eigenvalue weighted by molar-refractivity contribution is 6.10. The molecule has 3 heterocycles. The Labute approximate surface area is 257 Å². The van der Waals surface area contributed by atoms with Gasteiger partial charge in [-0.15, -0.1) is 0 Å². The van der Waals surface area contributed by atoms with Crippen LogP contribution in [0.1, 0.15) is 5.56 Å². The second-order valence-electron chi connectivity index (χ2n) is 11.2. The van der Waals surface area contributed by atoms with E-state index in [9.17, 15) is 5.41 Å². The molecule has 6 aromatic carbocycles. The van der Waals surface area contributed by atoms with Gasteiger partial charge in [0.05, 0.1) is 33.1 Å². The number of fused-ring (bicyclic) bond motifs is 7. The number of H-pyrrole nitrogens is 1. The number of nitrogens with one attached hydrogen (secondary N) is 2. The number of hydrogen-bond acceptors (Lipinski definition) is 2. The second-order valence-corrected chi connectivity index (χ2v) is 11.2. The molecule has 0 aliphatic carbocycles. The van der Waals surface area contributed by atoms with Crippen LogP contribution in [-0.2, 0) is 0 Å². The fourth-order valence-electron chi connectivity index (χ4n) is 6.58. The topological polar surface area (TPSA) is 74.8 Å². The van der Waals surface area contributed by atoms with Crippen molar-refractivity contribution < 1.29 is 0 Å². The van der Waals surface area contributed by atoms with Crippen LogP contribution in [0.3, 0.4) is 0 Å². The van der Waals surface area contributed by atoms with Crippen molar-refractivity contribution in [2.45, 2.75) is 0 Å². The van der Waals surface area contributed by atoms with E-state index in [2.05, 4.69) is 105 Å². The molecule has 2 N–H and O–H groups in total. The van der Waals surface area contributed by atoms with Crippen molar-refractivity contribution in [3.05, 3.63) is 157 Å². The Morgan fingerprint density at radius 3 is 1.67 bits per heavy atom. The Hall–Kier alpha value is -6.27. The Kier molecular flexibility index (Phi) is 5.55. The molecule has 0 fully saturated rings. The molecule has 0 aliphatic heterocycles. The third kappa shape index (κ3) is 3.93. The summed E-state index contributed by atoms with van der Waals surface area (Å²) in [5.41, 5.74) is 8.21. The van der Waals surface area contributed by atoms with Gasteiger partial charge in [0.25, 0.3) is 0 Å². The first kappa shape index (κ1) is 25.2. The Bertz CT molecular complexity index is 2580. The molecule has 9 aromatic rings. The largest absolute Gasteiger partial charge is 0.335 e. The highest BCUT2D eigenvalue weighted by Gasteiger charge is 2.16. The average Bonchev–Trinajstić information content (AvgIpc) is 3.61. The van der Waals surface area contributed by atoms with Gasteiger partial charge in [-0.25, -0.2) is 9.98 Å². The maximum absolute atomic E-state index is 9.24. The molecule has 212 valence electrons. The summed E-state index contributed by atoms with van der Waals surface area (Å²) in [4.78, 5) is 13.6. The molecule has 6 heteroatoms. The maximum atomic E-state index is 9.24. The molecule has 0 radical (unpaired) electrons. The van der Waals surface area contributed by atoms with Gasteiger partial charge in [-0.3, -0.25) is 9.98 Å². The summed E-state index contributed by atoms with van der Waals surface area (Å²) in [5, 5.41) is 13.9. The standard InChI is InChI=1S/C39H26N6/c40-37(25-12-11-13-26(24-25)44-33-20-7-1-14-27(33)28-15-2-8-21-34(28)44)43-38-39(42-32-19-6-5-18-31(32)41-38)45-35-22-9-3-16-29(35)30-17-4-10-23-36(30)45/h1-24H,(H2,40,41,43). The van der Waals surface area contributed by atoms with Crippen molar-refractivity contribution >= 4 is 60.5 Å². The molecule has 0 saturated heterocycles. The molecule has 3 aromatic heterocycles. The van der Waals surface area contributed by atoms with Gasteiger partial charge in [0.15, 0.2) is 17.1 Å². The summed E-state index contributed by atoms with van der Waals surface area (Å²) in [6.45, 7) is 0. The number of rotatable bonds is 3. The minimum atomic E-state index is 0.146. The van der Waals surface area contributed by atoms with E-state index >= 15 is 0 Å². The summed E-state index contributed by atoms with van der Waals surface area (Å²) in [6, 6.07) is 49.6. The van der Waals surface area contributed by atoms with E-state index in [1.165, 1.54) is 10.8 Å². The monoisotopic (exact) mass is 578 g/mol. The summed E-state index contributed by atoms with van der Waals surface area (Å²) >= 11 is 0. The zero-order valence-corrected chi connectivity index (χ0v) is 24.1. The zero-order chi connectivity index (χ0) is 29.9. The zero-order valence-electron chi connectivity index (χ0n) is 24.1. The van der Waals surface area contributed by atoms with E-state index in [0.717, 1.165) is 49.6 Å². The van der Waals surface area contributed by atoms with Crippen molar-refractivity contribution in [1.29, 1.82) is 5.41 Å². The molecule has 9 rings (SSSR count). The highest BCUT2D eigenvalue weighted by Crippen LogP contribution is 2.33. The number of benzene rings is 6. The number of nitrogens with zero attached hydrogens (tertiary/aromatic N) is 4. The molecule has 0 bridgehead atoms. The first-order chi connectivity index (χ1) is 22.2. The number of aromatic amines is 1. The van der Waals surface area contributed by atoms with Gasteiger partial charge >= 0.3 is 0 Å². The van der Waals surface area contributed by atoms with Gasteiger partial charge < -0.3 is 9.55 Å². The number of para-hydroxylation sites is 6. The van der Waals surface area contributed by atoms with E-state index in [-0.39, 0.29) is 5.84 Å². The van der Waals surface area contributed by atoms with Crippen molar-refractivity contribution in [2.24, 2.45) is 4.99 Å². The van der Waals surface area contributed by atoms with Crippen molar-refractivity contribution in [2.75, 3.05) is 0 Å². The van der Waals surface area contributed by atoms with Gasteiger partial charge in [0.1, 0.15) is 0 Å². The number of amidine groups is 1. The minimum Gasteiger partial charge on any atom is -0.335 e. The lowest BCUT2D eigenvalue weighted by atomic mass is 10.1. The van der Waals surface area contributed by atoms with Crippen LogP contribution in [-0.4, -0.2) is 24.9 Å². The first-order valence-corrected chi connectivity index (χ1v) is 14.9. The van der Waals surface area contributed by atoms with Crippen LogP contribution in [0.2, 0.25) is 0 Å². The van der Waals surface area contributed by atoms with E-state index in [0.29, 0.717) is 16.9 Å². The van der Waals surface area contributed by atoms with Crippen LogP contribution in [0.4, 0.5) is 0 Å². The average molecular weight is 579 g/mol. The van der Waals surface area contributed by atoms with E-state index in [4.69, 9.17) is 9.98 Å². The highest BCUT2D eigenvalue weighted by atomic mass is 15.1. The predicted molar refractivity (Wildman–Crippen MR) is 184 cm³/mol. The van der Waals surface area contributed by atoms with Gasteiger partial charge in [-0.1, -0.05) is 97.1 Å². The Morgan fingerprint density at radius 2 is 1.07 bits per heavy atom. The molecule has 45 heavy (non-hydrogen) atoms. The smallest absolute Gasteiger partial charge is 0.182 e. The molecule has 0 amide bonds. The second kappa shape index (κ2) is 9.89. The van der Waals surface area contributed by atoms with Crippen LogP contribution >= 0.6 is 0 Å². The third-order valence-corrected chi connectivity index (χ3v) is 8.57. The fourth-order valence-corrected chi connectivity index (χ4v) is 6.58. The van der Waals surface area contributed by atoms with Crippen molar-refractivity contribution in [1.82, 2.24) is 19.1 Å². The SMILES string of the molecule is N=C(N=c1[nH]c2ccccc2nc1-n1c2ccccc2c2ccccc21)c1cccc(-n2c3ccccc3c3ccccc32)c1. The summed E-state index contributed by atoms with van der Waals surface area (Å²) in [6.07, 6.45) is 0. The molecular weight excluding hydrogens is 552 g/mol. The minimum absolute atomic E-state index is 0.146. The third-order valence-electron chi connectivity index (χ3n) is 8.57. The van der Waals surface area contributed by atoms with Gasteiger partial charge in [-0.2, -0.15) is 0 Å². The molecular formula is C39H26N6. The van der Waals surface area contributed by atoms with Crippen LogP contribution in [0, 0.1) is 5.41 Å². The molecule has 0 atom stereocenters.